The third-order valence-corrected chi connectivity index (χ3v) is 5.54. The number of anilines is 1. The van der Waals surface area contributed by atoms with E-state index in [0.717, 1.165) is 33.8 Å². The number of hydrogen-bond acceptors (Lipinski definition) is 4. The molecular weight excluding hydrogens is 438 g/mol. The van der Waals surface area contributed by atoms with Crippen LogP contribution < -0.4 is 14.8 Å². The lowest BCUT2D eigenvalue weighted by molar-refractivity contribution is -0.111. The van der Waals surface area contributed by atoms with Crippen molar-refractivity contribution in [1.29, 1.82) is 0 Å². The Labute approximate surface area is 205 Å². The van der Waals surface area contributed by atoms with Crippen LogP contribution in [-0.4, -0.2) is 22.8 Å². The smallest absolute Gasteiger partial charge is 0.248 e. The van der Waals surface area contributed by atoms with E-state index < -0.39 is 0 Å². The second-order valence-corrected chi connectivity index (χ2v) is 8.36. The maximum atomic E-state index is 12.5. The number of carbonyl (C=O) groups is 1. The number of para-hydroxylation sites is 1. The summed E-state index contributed by atoms with van der Waals surface area (Å²) in [4.78, 5) is 12.5. The van der Waals surface area contributed by atoms with Crippen LogP contribution in [-0.2, 0) is 17.9 Å². The number of nitrogens with zero attached hydrogens (tertiary/aromatic N) is 2. The van der Waals surface area contributed by atoms with Gasteiger partial charge in [0.2, 0.25) is 5.91 Å². The fourth-order valence-electron chi connectivity index (χ4n) is 3.76. The number of amides is 1. The number of ether oxygens (including phenoxy) is 2. The van der Waals surface area contributed by atoms with Crippen molar-refractivity contribution in [3.05, 3.63) is 113 Å². The summed E-state index contributed by atoms with van der Waals surface area (Å²) in [6.07, 6.45) is 6.74. The summed E-state index contributed by atoms with van der Waals surface area (Å²) < 4.78 is 13.3. The van der Waals surface area contributed by atoms with Crippen molar-refractivity contribution in [1.82, 2.24) is 9.78 Å². The van der Waals surface area contributed by atoms with Crippen LogP contribution in [0.25, 0.3) is 6.08 Å². The Balaban J connectivity index is 1.37. The molecule has 0 aliphatic heterocycles. The summed E-state index contributed by atoms with van der Waals surface area (Å²) in [6, 6.07) is 21.9. The van der Waals surface area contributed by atoms with Crippen LogP contribution in [0.2, 0.25) is 0 Å². The molecule has 35 heavy (non-hydrogen) atoms. The SMILES string of the molecule is COc1ccc(/C=C/C(=O)Nc2cnn(Cc3cccc(C)c3)c2)cc1COc1ccccc1C. The monoisotopic (exact) mass is 467 g/mol. The summed E-state index contributed by atoms with van der Waals surface area (Å²) in [5.74, 6) is 1.34. The summed E-state index contributed by atoms with van der Waals surface area (Å²) in [6.45, 7) is 5.08. The summed E-state index contributed by atoms with van der Waals surface area (Å²) in [5.41, 5.74) is 5.86. The molecule has 0 saturated carbocycles. The van der Waals surface area contributed by atoms with Gasteiger partial charge in [-0.25, -0.2) is 0 Å². The minimum atomic E-state index is -0.228. The molecule has 0 aliphatic carbocycles. The van der Waals surface area contributed by atoms with Gasteiger partial charge in [0.05, 0.1) is 25.5 Å². The number of benzene rings is 3. The molecule has 0 saturated heterocycles. The van der Waals surface area contributed by atoms with Crippen molar-refractivity contribution in [2.45, 2.75) is 27.0 Å². The molecule has 0 atom stereocenters. The molecular formula is C29H29N3O3. The van der Waals surface area contributed by atoms with E-state index in [9.17, 15) is 4.79 Å². The Morgan fingerprint density at radius 1 is 1.03 bits per heavy atom. The van der Waals surface area contributed by atoms with E-state index in [2.05, 4.69) is 35.5 Å². The van der Waals surface area contributed by atoms with Crippen LogP contribution >= 0.6 is 0 Å². The van der Waals surface area contributed by atoms with Crippen LogP contribution in [0.5, 0.6) is 11.5 Å². The number of aromatic nitrogens is 2. The van der Waals surface area contributed by atoms with Crippen molar-refractivity contribution >= 4 is 17.7 Å². The van der Waals surface area contributed by atoms with E-state index in [1.54, 1.807) is 24.1 Å². The number of rotatable bonds is 9. The van der Waals surface area contributed by atoms with E-state index in [-0.39, 0.29) is 5.91 Å². The predicted octanol–water partition coefficient (Wildman–Crippen LogP) is 5.79. The second kappa shape index (κ2) is 11.2. The van der Waals surface area contributed by atoms with Crippen molar-refractivity contribution < 1.29 is 14.3 Å². The molecule has 6 nitrogen and oxygen atoms in total. The highest BCUT2D eigenvalue weighted by molar-refractivity contribution is 6.01. The molecule has 0 unspecified atom stereocenters. The lowest BCUT2D eigenvalue weighted by Crippen LogP contribution is -2.07. The predicted molar refractivity (Wildman–Crippen MR) is 139 cm³/mol. The molecule has 1 N–H and O–H groups in total. The number of carbonyl (C=O) groups excluding carboxylic acids is 1. The van der Waals surface area contributed by atoms with Crippen molar-refractivity contribution in [3.63, 3.8) is 0 Å². The molecule has 0 aliphatic rings. The van der Waals surface area contributed by atoms with Crippen molar-refractivity contribution in [3.8, 4) is 11.5 Å². The maximum Gasteiger partial charge on any atom is 0.248 e. The zero-order valence-corrected chi connectivity index (χ0v) is 20.2. The van der Waals surface area contributed by atoms with Crippen molar-refractivity contribution in [2.24, 2.45) is 0 Å². The molecule has 1 amide bonds. The normalized spacial score (nSPS) is 10.9. The van der Waals surface area contributed by atoms with Gasteiger partial charge in [0, 0.05) is 17.8 Å². The van der Waals surface area contributed by atoms with Crippen molar-refractivity contribution in [2.75, 3.05) is 12.4 Å². The van der Waals surface area contributed by atoms with Gasteiger partial charge in [0.1, 0.15) is 18.1 Å². The third-order valence-electron chi connectivity index (χ3n) is 5.54. The van der Waals surface area contributed by atoms with Crippen LogP contribution in [0.15, 0.2) is 85.2 Å². The zero-order chi connectivity index (χ0) is 24.6. The molecule has 4 rings (SSSR count). The topological polar surface area (TPSA) is 65.4 Å². The minimum Gasteiger partial charge on any atom is -0.496 e. The molecule has 6 heteroatoms. The van der Waals surface area contributed by atoms with E-state index in [1.807, 2.05) is 61.7 Å². The van der Waals surface area contributed by atoms with E-state index in [1.165, 1.54) is 11.6 Å². The van der Waals surface area contributed by atoms with E-state index in [0.29, 0.717) is 18.8 Å². The summed E-state index contributed by atoms with van der Waals surface area (Å²) in [7, 11) is 1.63. The summed E-state index contributed by atoms with van der Waals surface area (Å²) in [5, 5.41) is 7.21. The van der Waals surface area contributed by atoms with Crippen LogP contribution in [0.3, 0.4) is 0 Å². The first-order valence-corrected chi connectivity index (χ1v) is 11.4. The lowest BCUT2D eigenvalue weighted by atomic mass is 10.1. The van der Waals surface area contributed by atoms with Crippen LogP contribution in [0, 0.1) is 13.8 Å². The quantitative estimate of drug-likeness (QED) is 0.317. The van der Waals surface area contributed by atoms with Gasteiger partial charge in [0.15, 0.2) is 0 Å². The van der Waals surface area contributed by atoms with Crippen LogP contribution in [0.4, 0.5) is 5.69 Å². The number of methoxy groups -OCH3 is 1. The van der Waals surface area contributed by atoms with Gasteiger partial charge < -0.3 is 14.8 Å². The van der Waals surface area contributed by atoms with Gasteiger partial charge in [-0.15, -0.1) is 0 Å². The third kappa shape index (κ3) is 6.60. The fourth-order valence-corrected chi connectivity index (χ4v) is 3.76. The highest BCUT2D eigenvalue weighted by Gasteiger charge is 2.07. The standard InChI is InChI=1S/C29H29N3O3/c1-21-7-6-9-24(15-21)18-32-19-26(17-30-32)31-29(33)14-12-23-11-13-28(34-3)25(16-23)20-35-27-10-5-4-8-22(27)2/h4-17,19H,18,20H2,1-3H3,(H,31,33)/b14-12+. The van der Waals surface area contributed by atoms with Gasteiger partial charge in [0.25, 0.3) is 0 Å². The number of aryl methyl sites for hydroxylation is 2. The summed E-state index contributed by atoms with van der Waals surface area (Å²) >= 11 is 0. The van der Waals surface area contributed by atoms with Gasteiger partial charge in [-0.05, 0) is 54.8 Å². The largest absolute Gasteiger partial charge is 0.496 e. The first-order valence-electron chi connectivity index (χ1n) is 11.4. The van der Waals surface area contributed by atoms with Gasteiger partial charge in [-0.3, -0.25) is 9.48 Å². The Bertz CT molecular complexity index is 1340. The molecule has 178 valence electrons. The van der Waals surface area contributed by atoms with Crippen LogP contribution in [0.1, 0.15) is 27.8 Å². The van der Waals surface area contributed by atoms with E-state index >= 15 is 0 Å². The molecule has 3 aromatic carbocycles. The molecule has 0 spiro atoms. The molecule has 0 radical (unpaired) electrons. The Morgan fingerprint density at radius 3 is 2.69 bits per heavy atom. The van der Waals surface area contributed by atoms with Gasteiger partial charge >= 0.3 is 0 Å². The maximum absolute atomic E-state index is 12.5. The highest BCUT2D eigenvalue weighted by Crippen LogP contribution is 2.24. The highest BCUT2D eigenvalue weighted by atomic mass is 16.5. The second-order valence-electron chi connectivity index (χ2n) is 8.36. The Morgan fingerprint density at radius 2 is 1.89 bits per heavy atom. The molecule has 0 bridgehead atoms. The van der Waals surface area contributed by atoms with Gasteiger partial charge in [-0.1, -0.05) is 54.1 Å². The zero-order valence-electron chi connectivity index (χ0n) is 20.2. The first kappa shape index (κ1) is 23.8. The van der Waals surface area contributed by atoms with Gasteiger partial charge in [-0.2, -0.15) is 5.10 Å². The molecule has 1 aromatic heterocycles. The molecule has 4 aromatic rings. The minimum absolute atomic E-state index is 0.228. The molecule has 0 fully saturated rings. The molecule has 1 heterocycles. The first-order chi connectivity index (χ1) is 17.0. The Hall–Kier alpha value is -4.32. The average molecular weight is 468 g/mol. The fraction of sp³-hybridized carbons (Fsp3) is 0.172. The lowest BCUT2D eigenvalue weighted by Gasteiger charge is -2.12. The number of hydrogen-bond donors (Lipinski definition) is 1. The number of nitrogens with one attached hydrogen (secondary N) is 1. The average Bonchev–Trinajstić information content (AvgIpc) is 3.28. The van der Waals surface area contributed by atoms with E-state index in [4.69, 9.17) is 9.47 Å². The Kier molecular flexibility index (Phi) is 7.63.